The van der Waals surface area contributed by atoms with E-state index in [0.717, 1.165) is 16.5 Å². The average molecular weight is 352 g/mol. The minimum Gasteiger partial charge on any atom is -0.548 e. The van der Waals surface area contributed by atoms with E-state index < -0.39 is 12.5 Å². The minimum atomic E-state index is -1.24. The van der Waals surface area contributed by atoms with Crippen LogP contribution in [0, 0.1) is 6.92 Å². The maximum absolute atomic E-state index is 10.8. The summed E-state index contributed by atoms with van der Waals surface area (Å²) in [6.45, 7) is 1.53. The summed E-state index contributed by atoms with van der Waals surface area (Å²) in [5.41, 5.74) is 2.39. The molecule has 0 amide bonds. The number of aryl methyl sites for hydroxylation is 1. The number of carbonyl (C=O) groups is 1. The molecule has 3 rings (SSSR count). The third kappa shape index (κ3) is 3.54. The van der Waals surface area contributed by atoms with Crippen molar-refractivity contribution in [3.8, 4) is 22.8 Å². The van der Waals surface area contributed by atoms with Crippen LogP contribution in [0.4, 0.5) is 0 Å². The molecular weight excluding hydrogens is 334 g/mol. The first kappa shape index (κ1) is 17.5. The summed E-state index contributed by atoms with van der Waals surface area (Å²) >= 11 is 0. The second kappa shape index (κ2) is 7.31. The number of benzene rings is 2. The Balaban J connectivity index is 2.23. The summed E-state index contributed by atoms with van der Waals surface area (Å²) in [5.74, 6) is 0.477. The van der Waals surface area contributed by atoms with Crippen molar-refractivity contribution in [3.63, 3.8) is 0 Å². The molecule has 0 aliphatic heterocycles. The molecule has 134 valence electrons. The van der Waals surface area contributed by atoms with Gasteiger partial charge in [0.1, 0.15) is 11.3 Å². The standard InChI is InChI=1S/C20H19NO5/c1-12-4-6-16-14(8-12)15(21-11-20(22)23)10-18(26-16)13-5-7-17(24-2)19(9-13)25-3/h4-10H,11H2,1-3H3,(H,22,23)/p-1. The monoisotopic (exact) mass is 352 g/mol. The summed E-state index contributed by atoms with van der Waals surface area (Å²) in [4.78, 5) is 15.0. The molecule has 0 saturated heterocycles. The van der Waals surface area contributed by atoms with Crippen LogP contribution in [0.25, 0.3) is 22.3 Å². The lowest BCUT2D eigenvalue weighted by molar-refractivity contribution is -0.303. The van der Waals surface area contributed by atoms with Gasteiger partial charge < -0.3 is 23.8 Å². The molecule has 0 aliphatic carbocycles. The van der Waals surface area contributed by atoms with E-state index in [9.17, 15) is 9.90 Å². The van der Waals surface area contributed by atoms with Gasteiger partial charge in [-0.2, -0.15) is 0 Å². The lowest BCUT2D eigenvalue weighted by Crippen LogP contribution is -2.26. The molecule has 0 spiro atoms. The molecule has 0 bridgehead atoms. The fourth-order valence-electron chi connectivity index (χ4n) is 2.70. The molecule has 0 fully saturated rings. The number of carboxylic acid groups (broad SMARTS) is 1. The molecule has 0 N–H and O–H groups in total. The molecule has 0 saturated carbocycles. The van der Waals surface area contributed by atoms with Gasteiger partial charge in [-0.1, -0.05) is 11.6 Å². The molecule has 26 heavy (non-hydrogen) atoms. The van der Waals surface area contributed by atoms with E-state index in [2.05, 4.69) is 4.99 Å². The van der Waals surface area contributed by atoms with Crippen molar-refractivity contribution in [1.29, 1.82) is 0 Å². The number of nitrogens with zero attached hydrogens (tertiary/aromatic N) is 1. The van der Waals surface area contributed by atoms with Crippen LogP contribution in [0.3, 0.4) is 0 Å². The number of carboxylic acids is 1. The summed E-state index contributed by atoms with van der Waals surface area (Å²) in [7, 11) is 3.12. The number of aliphatic carboxylic acids is 1. The third-order valence-electron chi connectivity index (χ3n) is 3.95. The van der Waals surface area contributed by atoms with Crippen molar-refractivity contribution < 1.29 is 23.8 Å². The van der Waals surface area contributed by atoms with Gasteiger partial charge in [0.15, 0.2) is 11.5 Å². The number of carbonyl (C=O) groups excluding carboxylic acids is 1. The summed E-state index contributed by atoms with van der Waals surface area (Å²) in [6, 6.07) is 12.8. The van der Waals surface area contributed by atoms with Crippen LogP contribution in [0.15, 0.2) is 51.9 Å². The zero-order valence-electron chi connectivity index (χ0n) is 14.7. The van der Waals surface area contributed by atoms with Crippen LogP contribution < -0.4 is 19.9 Å². The Hall–Kier alpha value is -3.28. The maximum atomic E-state index is 10.8. The van der Waals surface area contributed by atoms with Gasteiger partial charge in [-0.25, -0.2) is 0 Å². The highest BCUT2D eigenvalue weighted by molar-refractivity contribution is 5.79. The molecule has 0 radical (unpaired) electrons. The molecular formula is C20H18NO5-. The molecule has 1 heterocycles. The van der Waals surface area contributed by atoms with Crippen molar-refractivity contribution in [3.05, 3.63) is 53.4 Å². The Kier molecular flexibility index (Phi) is 4.93. The zero-order valence-corrected chi connectivity index (χ0v) is 14.7. The quantitative estimate of drug-likeness (QED) is 0.702. The molecule has 3 aromatic rings. The first-order chi connectivity index (χ1) is 12.5. The van der Waals surface area contributed by atoms with Gasteiger partial charge in [-0.15, -0.1) is 0 Å². The highest BCUT2D eigenvalue weighted by Gasteiger charge is 2.10. The first-order valence-electron chi connectivity index (χ1n) is 7.99. The zero-order chi connectivity index (χ0) is 18.7. The van der Waals surface area contributed by atoms with Crippen LogP contribution in [-0.2, 0) is 4.79 Å². The van der Waals surface area contributed by atoms with Gasteiger partial charge in [0.2, 0.25) is 0 Å². The van der Waals surface area contributed by atoms with Gasteiger partial charge in [-0.05, 0) is 37.3 Å². The van der Waals surface area contributed by atoms with E-state index >= 15 is 0 Å². The summed E-state index contributed by atoms with van der Waals surface area (Å²) < 4.78 is 16.6. The van der Waals surface area contributed by atoms with Gasteiger partial charge in [-0.3, -0.25) is 4.99 Å². The van der Waals surface area contributed by atoms with E-state index in [0.29, 0.717) is 28.2 Å². The van der Waals surface area contributed by atoms with Crippen LogP contribution in [0.1, 0.15) is 5.56 Å². The Morgan fingerprint density at radius 3 is 2.54 bits per heavy atom. The van der Waals surface area contributed by atoms with Crippen LogP contribution in [0.2, 0.25) is 0 Å². The van der Waals surface area contributed by atoms with Crippen molar-refractivity contribution in [2.24, 2.45) is 4.99 Å². The summed E-state index contributed by atoms with van der Waals surface area (Å²) in [6.07, 6.45) is 0. The number of hydrogen-bond donors (Lipinski definition) is 0. The number of ether oxygens (including phenoxy) is 2. The van der Waals surface area contributed by atoms with Crippen LogP contribution in [-0.4, -0.2) is 26.7 Å². The van der Waals surface area contributed by atoms with E-state index in [1.54, 1.807) is 32.4 Å². The second-order valence-electron chi connectivity index (χ2n) is 5.75. The normalized spacial score (nSPS) is 11.6. The molecule has 0 unspecified atom stereocenters. The maximum Gasteiger partial charge on any atom is 0.161 e. The molecule has 0 atom stereocenters. The van der Waals surface area contributed by atoms with E-state index in [-0.39, 0.29) is 0 Å². The second-order valence-corrected chi connectivity index (χ2v) is 5.75. The van der Waals surface area contributed by atoms with E-state index in [1.165, 1.54) is 0 Å². The Labute approximate surface area is 150 Å². The number of hydrogen-bond acceptors (Lipinski definition) is 6. The topological polar surface area (TPSA) is 84.1 Å². The van der Waals surface area contributed by atoms with Crippen molar-refractivity contribution in [1.82, 2.24) is 0 Å². The van der Waals surface area contributed by atoms with Crippen molar-refractivity contribution >= 4 is 16.9 Å². The van der Waals surface area contributed by atoms with Crippen molar-refractivity contribution in [2.75, 3.05) is 20.8 Å². The van der Waals surface area contributed by atoms with Gasteiger partial charge in [0.05, 0.1) is 32.1 Å². The van der Waals surface area contributed by atoms with E-state index in [4.69, 9.17) is 13.9 Å². The highest BCUT2D eigenvalue weighted by Crippen LogP contribution is 2.32. The average Bonchev–Trinajstić information content (AvgIpc) is 2.65. The van der Waals surface area contributed by atoms with Gasteiger partial charge in [0.25, 0.3) is 0 Å². The predicted molar refractivity (Wildman–Crippen MR) is 94.9 cm³/mol. The lowest BCUT2D eigenvalue weighted by atomic mass is 10.1. The summed E-state index contributed by atoms with van der Waals surface area (Å²) in [5, 5.41) is 12.1. The first-order valence-corrected chi connectivity index (χ1v) is 7.99. The Morgan fingerprint density at radius 1 is 1.08 bits per heavy atom. The third-order valence-corrected chi connectivity index (χ3v) is 3.95. The smallest absolute Gasteiger partial charge is 0.161 e. The highest BCUT2D eigenvalue weighted by atomic mass is 16.5. The van der Waals surface area contributed by atoms with E-state index in [1.807, 2.05) is 31.2 Å². The fraction of sp³-hybridized carbons (Fsp3) is 0.200. The van der Waals surface area contributed by atoms with Crippen LogP contribution >= 0.6 is 0 Å². The molecule has 6 nitrogen and oxygen atoms in total. The number of rotatable bonds is 5. The Morgan fingerprint density at radius 2 is 1.85 bits per heavy atom. The van der Waals surface area contributed by atoms with Gasteiger partial charge in [0, 0.05) is 17.0 Å². The molecule has 6 heteroatoms. The fourth-order valence-corrected chi connectivity index (χ4v) is 2.70. The molecule has 0 aliphatic rings. The predicted octanol–water partition coefficient (Wildman–Crippen LogP) is 2.08. The Bertz CT molecular complexity index is 1040. The largest absolute Gasteiger partial charge is 0.548 e. The SMILES string of the molecule is COc1ccc(-c2cc(=NCC(=O)[O-])c3cc(C)ccc3o2)cc1OC. The minimum absolute atomic E-state index is 0.418. The van der Waals surface area contributed by atoms with Crippen LogP contribution in [0.5, 0.6) is 11.5 Å². The lowest BCUT2D eigenvalue weighted by Gasteiger charge is -2.10. The number of methoxy groups -OCH3 is 2. The molecule has 1 aromatic heterocycles. The molecule has 2 aromatic carbocycles. The number of fused-ring (bicyclic) bond motifs is 1. The van der Waals surface area contributed by atoms with Gasteiger partial charge >= 0.3 is 0 Å². The van der Waals surface area contributed by atoms with Crippen molar-refractivity contribution in [2.45, 2.75) is 6.92 Å².